The van der Waals surface area contributed by atoms with Crippen molar-refractivity contribution in [2.45, 2.75) is 11.8 Å². The molecule has 0 amide bonds. The molecular weight excluding hydrogens is 432 g/mol. The number of halogens is 1. The first-order valence-electron chi connectivity index (χ1n) is 9.58. The van der Waals surface area contributed by atoms with Crippen LogP contribution in [0.2, 0.25) is 5.02 Å². The van der Waals surface area contributed by atoms with E-state index in [2.05, 4.69) is 12.1 Å². The molecule has 0 unspecified atom stereocenters. The summed E-state index contributed by atoms with van der Waals surface area (Å²) in [6.45, 7) is 0. The van der Waals surface area contributed by atoms with Crippen LogP contribution in [0.4, 0.5) is 0 Å². The zero-order valence-electron chi connectivity index (χ0n) is 17.3. The third-order valence-electron chi connectivity index (χ3n) is 5.73. The Morgan fingerprint density at radius 1 is 0.969 bits per heavy atom. The van der Waals surface area contributed by atoms with Crippen molar-refractivity contribution in [1.82, 2.24) is 0 Å². The van der Waals surface area contributed by atoms with Gasteiger partial charge in [-0.15, -0.1) is 0 Å². The topological polar surface area (TPSA) is 120 Å². The molecule has 0 aliphatic heterocycles. The molecular formula is C24H19ClN2O5. The predicted octanol–water partition coefficient (Wildman–Crippen LogP) is 4.03. The van der Waals surface area contributed by atoms with E-state index in [1.807, 2.05) is 0 Å². The number of hydrogen-bond acceptors (Lipinski definition) is 7. The first kappa shape index (κ1) is 22.9. The molecule has 0 saturated heterocycles. The molecule has 7 nitrogen and oxygen atoms in total. The zero-order chi connectivity index (χ0) is 23.5. The third-order valence-corrected chi connectivity index (χ3v) is 5.98. The minimum absolute atomic E-state index is 0.331. The summed E-state index contributed by atoms with van der Waals surface area (Å²) in [4.78, 5) is 25.6. The molecule has 3 atom stereocenters. The number of benzene rings is 2. The Labute approximate surface area is 190 Å². The SMILES string of the molecule is COC(=O)C1=C(O)[C@H](C(=O)OC)[C@H](c2ccc(Cl)cc2)C(C#N)(C#N)[C@H]1c1ccccc1. The van der Waals surface area contributed by atoms with Crippen LogP contribution in [0.15, 0.2) is 65.9 Å². The van der Waals surface area contributed by atoms with Gasteiger partial charge in [-0.25, -0.2) is 4.79 Å². The highest BCUT2D eigenvalue weighted by Crippen LogP contribution is 2.58. The summed E-state index contributed by atoms with van der Waals surface area (Å²) in [6.07, 6.45) is 0. The van der Waals surface area contributed by atoms with Gasteiger partial charge < -0.3 is 14.6 Å². The first-order valence-corrected chi connectivity index (χ1v) is 9.96. The van der Waals surface area contributed by atoms with Gasteiger partial charge in [-0.2, -0.15) is 10.5 Å². The maximum Gasteiger partial charge on any atom is 0.337 e. The van der Waals surface area contributed by atoms with E-state index in [0.717, 1.165) is 14.2 Å². The van der Waals surface area contributed by atoms with Gasteiger partial charge >= 0.3 is 11.9 Å². The van der Waals surface area contributed by atoms with Gasteiger partial charge in [0.05, 0.1) is 37.8 Å². The fourth-order valence-electron chi connectivity index (χ4n) is 4.34. The van der Waals surface area contributed by atoms with Crippen LogP contribution in [0, 0.1) is 34.0 Å². The molecule has 2 aromatic carbocycles. The summed E-state index contributed by atoms with van der Waals surface area (Å²) in [7, 11) is 2.24. The van der Waals surface area contributed by atoms with Gasteiger partial charge in [-0.3, -0.25) is 4.79 Å². The number of aliphatic hydroxyl groups is 1. The first-order chi connectivity index (χ1) is 15.4. The Kier molecular flexibility index (Phi) is 6.53. The van der Waals surface area contributed by atoms with Crippen LogP contribution in [0.5, 0.6) is 0 Å². The molecule has 3 rings (SSSR count). The van der Waals surface area contributed by atoms with Crippen LogP contribution in [0.25, 0.3) is 0 Å². The van der Waals surface area contributed by atoms with Crippen molar-refractivity contribution in [3.05, 3.63) is 82.1 Å². The largest absolute Gasteiger partial charge is 0.511 e. The average molecular weight is 451 g/mol. The maximum atomic E-state index is 12.8. The molecule has 1 aliphatic carbocycles. The lowest BCUT2D eigenvalue weighted by molar-refractivity contribution is -0.147. The third kappa shape index (κ3) is 3.57. The average Bonchev–Trinajstić information content (AvgIpc) is 2.83. The second kappa shape index (κ2) is 9.13. The second-order valence-electron chi connectivity index (χ2n) is 7.26. The van der Waals surface area contributed by atoms with E-state index in [4.69, 9.17) is 21.1 Å². The molecule has 162 valence electrons. The van der Waals surface area contributed by atoms with Crippen LogP contribution < -0.4 is 0 Å². The number of hydrogen-bond donors (Lipinski definition) is 1. The summed E-state index contributed by atoms with van der Waals surface area (Å²) < 4.78 is 9.76. The number of carbonyl (C=O) groups is 2. The Hall–Kier alpha value is -3.81. The summed E-state index contributed by atoms with van der Waals surface area (Å²) in [5, 5.41) is 32.4. The highest BCUT2D eigenvalue weighted by atomic mass is 35.5. The van der Waals surface area contributed by atoms with Crippen molar-refractivity contribution in [3.8, 4) is 12.1 Å². The standard InChI is InChI=1S/C24H19ClN2O5/c1-31-22(29)17-19(14-6-4-3-5-7-14)24(12-26,13-27)20(15-8-10-16(25)11-9-15)18(21(17)28)23(30)32-2/h3-11,18-20,28H,1-2H3/t18-,19+,20+/m1/s1. The Morgan fingerprint density at radius 3 is 2.06 bits per heavy atom. The molecule has 0 radical (unpaired) electrons. The Bertz CT molecular complexity index is 1130. The Balaban J connectivity index is 2.47. The molecule has 0 spiro atoms. The molecule has 0 bridgehead atoms. The minimum Gasteiger partial charge on any atom is -0.511 e. The van der Waals surface area contributed by atoms with Crippen molar-refractivity contribution < 1.29 is 24.2 Å². The van der Waals surface area contributed by atoms with E-state index in [-0.39, 0.29) is 5.57 Å². The van der Waals surface area contributed by atoms with Crippen LogP contribution in [0.1, 0.15) is 23.0 Å². The van der Waals surface area contributed by atoms with E-state index in [0.29, 0.717) is 16.1 Å². The van der Waals surface area contributed by atoms with Crippen molar-refractivity contribution in [2.75, 3.05) is 14.2 Å². The number of nitriles is 2. The number of carbonyl (C=O) groups excluding carboxylic acids is 2. The van der Waals surface area contributed by atoms with Gasteiger partial charge in [0.2, 0.25) is 0 Å². The number of ether oxygens (including phenoxy) is 2. The van der Waals surface area contributed by atoms with Gasteiger partial charge in [0.1, 0.15) is 11.7 Å². The van der Waals surface area contributed by atoms with Gasteiger partial charge in [0, 0.05) is 10.9 Å². The number of esters is 2. The summed E-state index contributed by atoms with van der Waals surface area (Å²) in [5.41, 5.74) is -1.46. The Morgan fingerprint density at radius 2 is 1.56 bits per heavy atom. The monoisotopic (exact) mass is 450 g/mol. The minimum atomic E-state index is -1.97. The highest BCUT2D eigenvalue weighted by Gasteiger charge is 2.61. The maximum absolute atomic E-state index is 12.8. The fraction of sp³-hybridized carbons (Fsp3) is 0.250. The molecule has 0 fully saturated rings. The molecule has 0 heterocycles. The van der Waals surface area contributed by atoms with Crippen molar-refractivity contribution in [1.29, 1.82) is 10.5 Å². The van der Waals surface area contributed by atoms with Crippen LogP contribution in [-0.4, -0.2) is 31.3 Å². The molecule has 32 heavy (non-hydrogen) atoms. The lowest BCUT2D eigenvalue weighted by Gasteiger charge is -2.44. The summed E-state index contributed by atoms with van der Waals surface area (Å²) in [6, 6.07) is 18.8. The number of aliphatic hydroxyl groups excluding tert-OH is 1. The highest BCUT2D eigenvalue weighted by molar-refractivity contribution is 6.30. The van der Waals surface area contributed by atoms with Crippen molar-refractivity contribution >= 4 is 23.5 Å². The summed E-state index contributed by atoms with van der Waals surface area (Å²) >= 11 is 6.01. The number of nitrogens with zero attached hydrogens (tertiary/aromatic N) is 2. The van der Waals surface area contributed by atoms with E-state index in [1.165, 1.54) is 0 Å². The van der Waals surface area contributed by atoms with E-state index in [9.17, 15) is 25.2 Å². The lowest BCUT2D eigenvalue weighted by atomic mass is 9.54. The van der Waals surface area contributed by atoms with Crippen LogP contribution in [0.3, 0.4) is 0 Å². The van der Waals surface area contributed by atoms with Gasteiger partial charge in [0.15, 0.2) is 5.41 Å². The van der Waals surface area contributed by atoms with Gasteiger partial charge in [-0.05, 0) is 23.3 Å². The smallest absolute Gasteiger partial charge is 0.337 e. The number of rotatable bonds is 4. The van der Waals surface area contributed by atoms with Crippen molar-refractivity contribution in [2.24, 2.45) is 11.3 Å². The summed E-state index contributed by atoms with van der Waals surface area (Å²) in [5.74, 6) is -6.30. The zero-order valence-corrected chi connectivity index (χ0v) is 18.0. The molecule has 1 N–H and O–H groups in total. The van der Waals surface area contributed by atoms with E-state index < -0.39 is 40.9 Å². The molecule has 0 aromatic heterocycles. The van der Waals surface area contributed by atoms with Gasteiger partial charge in [0.25, 0.3) is 0 Å². The predicted molar refractivity (Wildman–Crippen MR) is 114 cm³/mol. The number of methoxy groups -OCH3 is 2. The van der Waals surface area contributed by atoms with E-state index in [1.54, 1.807) is 54.6 Å². The van der Waals surface area contributed by atoms with Gasteiger partial charge in [-0.1, -0.05) is 54.1 Å². The van der Waals surface area contributed by atoms with Crippen LogP contribution in [-0.2, 0) is 19.1 Å². The lowest BCUT2D eigenvalue weighted by Crippen LogP contribution is -2.47. The molecule has 8 heteroatoms. The molecule has 0 saturated carbocycles. The molecule has 1 aliphatic rings. The normalized spacial score (nSPS) is 21.7. The molecule has 2 aromatic rings. The van der Waals surface area contributed by atoms with E-state index >= 15 is 0 Å². The second-order valence-corrected chi connectivity index (χ2v) is 7.69. The van der Waals surface area contributed by atoms with Crippen molar-refractivity contribution in [3.63, 3.8) is 0 Å². The quantitative estimate of drug-likeness (QED) is 0.698. The van der Waals surface area contributed by atoms with Crippen LogP contribution >= 0.6 is 11.6 Å². The fourth-order valence-corrected chi connectivity index (χ4v) is 4.47.